The molecule has 2 atom stereocenters. The van der Waals surface area contributed by atoms with E-state index in [1.54, 1.807) is 40.8 Å². The Labute approximate surface area is 178 Å². The molecule has 0 spiro atoms. The van der Waals surface area contributed by atoms with Crippen molar-refractivity contribution in [2.75, 3.05) is 19.7 Å². The molecular weight excluding hydrogens is 389 g/mol. The average molecular weight is 424 g/mol. The van der Waals surface area contributed by atoms with E-state index < -0.39 is 29.3 Å². The van der Waals surface area contributed by atoms with Gasteiger partial charge in [-0.2, -0.15) is 0 Å². The fourth-order valence-electron chi connectivity index (χ4n) is 3.09. The quantitative estimate of drug-likeness (QED) is 0.783. The first-order valence-corrected chi connectivity index (χ1v) is 10.3. The summed E-state index contributed by atoms with van der Waals surface area (Å²) in [5.41, 5.74) is 0.414. The number of nitrogens with one attached hydrogen (secondary N) is 1. The third-order valence-corrected chi connectivity index (χ3v) is 4.86. The van der Waals surface area contributed by atoms with Crippen LogP contribution in [0.2, 0.25) is 0 Å². The molecule has 1 N–H and O–H groups in total. The summed E-state index contributed by atoms with van der Waals surface area (Å²) in [6.07, 6.45) is 0.126. The first-order valence-electron chi connectivity index (χ1n) is 10.3. The lowest BCUT2D eigenvalue weighted by atomic mass is 9.92. The number of hydrogen-bond acceptors (Lipinski definition) is 5. The van der Waals surface area contributed by atoms with Gasteiger partial charge in [0.1, 0.15) is 18.4 Å². The van der Waals surface area contributed by atoms with Crippen LogP contribution in [0, 0.1) is 19.3 Å². The Bertz CT molecular complexity index is 776. The number of aryl methyl sites for hydroxylation is 2. The van der Waals surface area contributed by atoms with Crippen LogP contribution in [0.5, 0.6) is 5.88 Å². The molecule has 1 unspecified atom stereocenters. The number of halogens is 1. The number of amides is 2. The number of carbonyl (C=O) groups is 2. The molecule has 0 bridgehead atoms. The predicted molar refractivity (Wildman–Crippen MR) is 112 cm³/mol. The number of rotatable bonds is 5. The molecule has 1 aromatic heterocycles. The van der Waals surface area contributed by atoms with Gasteiger partial charge in [-0.3, -0.25) is 4.79 Å². The van der Waals surface area contributed by atoms with Crippen molar-refractivity contribution in [1.29, 1.82) is 0 Å². The molecule has 1 saturated heterocycles. The van der Waals surface area contributed by atoms with Crippen LogP contribution in [0.25, 0.3) is 0 Å². The van der Waals surface area contributed by atoms with E-state index in [0.29, 0.717) is 18.8 Å². The molecule has 2 rings (SSSR count). The summed E-state index contributed by atoms with van der Waals surface area (Å²) < 4.78 is 25.7. The Kier molecular flexibility index (Phi) is 7.31. The first-order chi connectivity index (χ1) is 13.8. The van der Waals surface area contributed by atoms with Gasteiger partial charge >= 0.3 is 6.09 Å². The van der Waals surface area contributed by atoms with Gasteiger partial charge in [0.05, 0.1) is 18.0 Å². The summed E-state index contributed by atoms with van der Waals surface area (Å²) in [7, 11) is 0. The van der Waals surface area contributed by atoms with E-state index in [2.05, 4.69) is 10.3 Å². The Morgan fingerprint density at radius 3 is 2.50 bits per heavy atom. The van der Waals surface area contributed by atoms with Gasteiger partial charge in [0, 0.05) is 18.3 Å². The maximum Gasteiger partial charge on any atom is 0.410 e. The Morgan fingerprint density at radius 2 is 1.93 bits per heavy atom. The fraction of sp³-hybridized carbons (Fsp3) is 0.682. The molecule has 0 aromatic carbocycles. The van der Waals surface area contributed by atoms with Gasteiger partial charge in [0.2, 0.25) is 11.8 Å². The van der Waals surface area contributed by atoms with E-state index in [1.165, 1.54) is 4.90 Å². The maximum absolute atomic E-state index is 14.7. The lowest BCUT2D eigenvalue weighted by Gasteiger charge is -2.37. The molecule has 0 saturated carbocycles. The molecule has 7 nitrogen and oxygen atoms in total. The summed E-state index contributed by atoms with van der Waals surface area (Å²) in [5.74, 6) is 0.182. The molecule has 168 valence electrons. The summed E-state index contributed by atoms with van der Waals surface area (Å²) in [6, 6.07) is 1.30. The van der Waals surface area contributed by atoms with Crippen molar-refractivity contribution in [2.24, 2.45) is 5.41 Å². The number of aromatic nitrogens is 1. The van der Waals surface area contributed by atoms with Crippen LogP contribution >= 0.6 is 0 Å². The SMILES string of the molecule is Cc1cnc(OCC(C)(C)C(=O)NC2CCN(C(=O)OC(C)(C)C)C[C@@H]2F)c(C)c1. The molecule has 30 heavy (non-hydrogen) atoms. The Balaban J connectivity index is 1.89. The molecule has 8 heteroatoms. The number of nitrogens with zero attached hydrogens (tertiary/aromatic N) is 2. The molecule has 2 heterocycles. The minimum atomic E-state index is -1.37. The van der Waals surface area contributed by atoms with E-state index in [1.807, 2.05) is 19.9 Å². The van der Waals surface area contributed by atoms with Crippen LogP contribution in [0.3, 0.4) is 0 Å². The summed E-state index contributed by atoms with van der Waals surface area (Å²) in [4.78, 5) is 30.5. The van der Waals surface area contributed by atoms with Crippen molar-refractivity contribution in [3.63, 3.8) is 0 Å². The fourth-order valence-corrected chi connectivity index (χ4v) is 3.09. The van der Waals surface area contributed by atoms with E-state index in [4.69, 9.17) is 9.47 Å². The van der Waals surface area contributed by atoms with Gasteiger partial charge in [-0.05, 0) is 66.5 Å². The van der Waals surface area contributed by atoms with E-state index in [9.17, 15) is 14.0 Å². The second-order valence-corrected chi connectivity index (χ2v) is 9.62. The molecule has 0 radical (unpaired) electrons. The zero-order chi connectivity index (χ0) is 22.7. The Hall–Kier alpha value is -2.38. The van der Waals surface area contributed by atoms with Crippen molar-refractivity contribution < 1.29 is 23.5 Å². The number of likely N-dealkylation sites (tertiary alicyclic amines) is 1. The van der Waals surface area contributed by atoms with Gasteiger partial charge in [-0.25, -0.2) is 14.2 Å². The van der Waals surface area contributed by atoms with Crippen molar-refractivity contribution >= 4 is 12.0 Å². The number of piperidine rings is 1. The van der Waals surface area contributed by atoms with Crippen molar-refractivity contribution in [1.82, 2.24) is 15.2 Å². The largest absolute Gasteiger partial charge is 0.476 e. The highest BCUT2D eigenvalue weighted by Gasteiger charge is 2.37. The second kappa shape index (κ2) is 9.18. The zero-order valence-electron chi connectivity index (χ0n) is 19.0. The molecule has 1 fully saturated rings. The molecule has 1 aromatic rings. The van der Waals surface area contributed by atoms with Crippen LogP contribution in [-0.2, 0) is 9.53 Å². The summed E-state index contributed by atoms with van der Waals surface area (Å²) >= 11 is 0. The first kappa shape index (κ1) is 23.9. The number of alkyl halides is 1. The molecular formula is C22H34FN3O4. The standard InChI is InChI=1S/C22H34FN3O4/c1-14-10-15(2)18(24-11-14)29-13-22(6,7)19(27)25-17-8-9-26(12-16(17)23)20(28)30-21(3,4)5/h10-11,16-17H,8-9,12-13H2,1-7H3,(H,25,27)/t16-,17?/m0/s1. The minimum Gasteiger partial charge on any atom is -0.476 e. The summed E-state index contributed by atoms with van der Waals surface area (Å²) in [6.45, 7) is 13.0. The third kappa shape index (κ3) is 6.57. The number of ether oxygens (including phenoxy) is 2. The molecule has 2 amide bonds. The van der Waals surface area contributed by atoms with Crippen molar-refractivity contribution in [3.05, 3.63) is 23.4 Å². The summed E-state index contributed by atoms with van der Waals surface area (Å²) in [5, 5.41) is 2.78. The Morgan fingerprint density at radius 1 is 1.27 bits per heavy atom. The smallest absolute Gasteiger partial charge is 0.410 e. The van der Waals surface area contributed by atoms with Gasteiger partial charge < -0.3 is 19.7 Å². The van der Waals surface area contributed by atoms with Gasteiger partial charge in [-0.15, -0.1) is 0 Å². The van der Waals surface area contributed by atoms with Crippen LogP contribution in [0.4, 0.5) is 9.18 Å². The zero-order valence-corrected chi connectivity index (χ0v) is 19.0. The van der Waals surface area contributed by atoms with E-state index in [0.717, 1.165) is 11.1 Å². The normalized spacial score (nSPS) is 19.9. The topological polar surface area (TPSA) is 80.8 Å². The lowest BCUT2D eigenvalue weighted by Crippen LogP contribution is -2.56. The van der Waals surface area contributed by atoms with Crippen LogP contribution < -0.4 is 10.1 Å². The van der Waals surface area contributed by atoms with Crippen molar-refractivity contribution in [3.8, 4) is 5.88 Å². The van der Waals surface area contributed by atoms with Gasteiger partial charge in [0.15, 0.2) is 0 Å². The number of carbonyl (C=O) groups excluding carboxylic acids is 2. The van der Waals surface area contributed by atoms with Crippen LogP contribution in [0.15, 0.2) is 12.3 Å². The molecule has 1 aliphatic rings. The monoisotopic (exact) mass is 423 g/mol. The van der Waals surface area contributed by atoms with Gasteiger partial charge in [-0.1, -0.05) is 0 Å². The maximum atomic E-state index is 14.7. The highest BCUT2D eigenvalue weighted by Crippen LogP contribution is 2.23. The van der Waals surface area contributed by atoms with Crippen LogP contribution in [-0.4, -0.2) is 59.4 Å². The second-order valence-electron chi connectivity index (χ2n) is 9.62. The highest BCUT2D eigenvalue weighted by atomic mass is 19.1. The molecule has 1 aliphatic heterocycles. The lowest BCUT2D eigenvalue weighted by molar-refractivity contribution is -0.132. The third-order valence-electron chi connectivity index (χ3n) is 4.86. The number of pyridine rings is 1. The van der Waals surface area contributed by atoms with Gasteiger partial charge in [0.25, 0.3) is 0 Å². The highest BCUT2D eigenvalue weighted by molar-refractivity contribution is 5.82. The predicted octanol–water partition coefficient (Wildman–Crippen LogP) is 3.57. The van der Waals surface area contributed by atoms with E-state index >= 15 is 0 Å². The molecule has 0 aliphatic carbocycles. The van der Waals surface area contributed by atoms with E-state index in [-0.39, 0.29) is 19.1 Å². The number of hydrogen-bond donors (Lipinski definition) is 1. The minimum absolute atomic E-state index is 0.108. The van der Waals surface area contributed by atoms with Crippen molar-refractivity contribution in [2.45, 2.75) is 72.7 Å². The van der Waals surface area contributed by atoms with Crippen LogP contribution in [0.1, 0.15) is 52.2 Å². The average Bonchev–Trinajstić information content (AvgIpc) is 2.61.